The van der Waals surface area contributed by atoms with E-state index in [-0.39, 0.29) is 29.6 Å². The zero-order valence-corrected chi connectivity index (χ0v) is 25.7. The Morgan fingerprint density at radius 2 is 1.47 bits per heavy atom. The molecule has 9 nitrogen and oxygen atoms in total. The van der Waals surface area contributed by atoms with Gasteiger partial charge in [-0.05, 0) is 92.6 Å². The highest BCUT2D eigenvalue weighted by Gasteiger charge is 2.29. The third-order valence-corrected chi connectivity index (χ3v) is 9.43. The smallest absolute Gasteiger partial charge is 0.270 e. The summed E-state index contributed by atoms with van der Waals surface area (Å²) in [5, 5.41) is 12.1. The summed E-state index contributed by atoms with van der Waals surface area (Å²) in [6.45, 7) is 5.77. The van der Waals surface area contributed by atoms with Crippen LogP contribution in [-0.2, 0) is 6.54 Å². The van der Waals surface area contributed by atoms with Gasteiger partial charge in [-0.25, -0.2) is 0 Å². The Morgan fingerprint density at radius 3 is 2.09 bits per heavy atom. The zero-order valence-electron chi connectivity index (χ0n) is 25.7. The minimum Gasteiger partial charge on any atom is -0.372 e. The van der Waals surface area contributed by atoms with Gasteiger partial charge in [0.25, 0.3) is 11.8 Å². The molecule has 0 bridgehead atoms. The van der Waals surface area contributed by atoms with Crippen molar-refractivity contribution in [3.63, 3.8) is 0 Å². The lowest BCUT2D eigenvalue weighted by atomic mass is 9.88. The molecule has 1 aromatic heterocycles. The topological polar surface area (TPSA) is 110 Å². The van der Waals surface area contributed by atoms with E-state index in [1.165, 1.54) is 30.3 Å². The van der Waals surface area contributed by atoms with Crippen molar-refractivity contribution in [2.75, 3.05) is 44.2 Å². The van der Waals surface area contributed by atoms with Gasteiger partial charge in [0.1, 0.15) is 5.69 Å². The number of ketones is 1. The molecular weight excluding hydrogens is 564 g/mol. The number of carbonyl (C=O) groups is 3. The molecule has 3 aliphatic rings. The second-order valence-corrected chi connectivity index (χ2v) is 12.4. The van der Waals surface area contributed by atoms with Crippen LogP contribution in [0, 0.1) is 17.2 Å². The molecule has 0 radical (unpaired) electrons. The van der Waals surface area contributed by atoms with Gasteiger partial charge >= 0.3 is 0 Å². The number of amides is 2. The van der Waals surface area contributed by atoms with E-state index in [0.717, 1.165) is 51.1 Å². The molecule has 3 aromatic rings. The standard InChI is InChI=1S/C36H40N6O3/c37-23-26-3-5-27(6-4-26)25-40-19-15-31(16-20-40)39-35(44)33-12-9-30(24-38-33)36(45)42-21-13-29(14-22-42)34(43)28-7-10-32(11-8-28)41-17-1-2-18-41/h3-12,24,29,31H,1-2,13-22,25H2,(H,39,44). The third kappa shape index (κ3) is 7.40. The molecule has 232 valence electrons. The molecule has 0 unspecified atom stereocenters. The number of hydrogen-bond donors (Lipinski definition) is 1. The lowest BCUT2D eigenvalue weighted by molar-refractivity contribution is 0.0649. The lowest BCUT2D eigenvalue weighted by Gasteiger charge is -2.32. The van der Waals surface area contributed by atoms with E-state index in [9.17, 15) is 14.4 Å². The van der Waals surface area contributed by atoms with Crippen LogP contribution in [-0.4, -0.2) is 77.7 Å². The van der Waals surface area contributed by atoms with Gasteiger partial charge in [-0.2, -0.15) is 5.26 Å². The molecule has 0 spiro atoms. The molecule has 3 aliphatic heterocycles. The Hall–Kier alpha value is -4.55. The van der Waals surface area contributed by atoms with Gasteiger partial charge in [0.15, 0.2) is 5.78 Å². The summed E-state index contributed by atoms with van der Waals surface area (Å²) in [6.07, 6.45) is 6.89. The predicted octanol–water partition coefficient (Wildman–Crippen LogP) is 4.68. The Kier molecular flexibility index (Phi) is 9.51. The van der Waals surface area contributed by atoms with Crippen LogP contribution in [0.3, 0.4) is 0 Å². The minimum absolute atomic E-state index is 0.0739. The van der Waals surface area contributed by atoms with Crippen LogP contribution in [0.1, 0.15) is 80.9 Å². The maximum absolute atomic E-state index is 13.2. The van der Waals surface area contributed by atoms with Crippen LogP contribution < -0.4 is 10.2 Å². The SMILES string of the molecule is N#Cc1ccc(CN2CCC(NC(=O)c3ccc(C(=O)N4CCC(C(=O)c5ccc(N6CCCC6)cc5)CC4)cn3)CC2)cc1. The molecule has 4 heterocycles. The number of pyridine rings is 1. The van der Waals surface area contributed by atoms with Gasteiger partial charge < -0.3 is 15.1 Å². The molecule has 6 rings (SSSR count). The average molecular weight is 605 g/mol. The van der Waals surface area contributed by atoms with Crippen molar-refractivity contribution in [1.29, 1.82) is 5.26 Å². The van der Waals surface area contributed by atoms with E-state index < -0.39 is 0 Å². The highest BCUT2D eigenvalue weighted by Crippen LogP contribution is 2.26. The Labute approximate surface area is 264 Å². The number of benzene rings is 2. The van der Waals surface area contributed by atoms with Crippen LogP contribution in [0.5, 0.6) is 0 Å². The number of piperidine rings is 2. The number of Topliss-reactive ketones (excluding diaryl/α,β-unsaturated/α-hetero) is 1. The number of carbonyl (C=O) groups excluding carboxylic acids is 3. The minimum atomic E-state index is -0.229. The van der Waals surface area contributed by atoms with E-state index in [2.05, 4.69) is 38.3 Å². The van der Waals surface area contributed by atoms with Crippen molar-refractivity contribution in [2.45, 2.75) is 51.1 Å². The highest BCUT2D eigenvalue weighted by atomic mass is 16.2. The molecule has 0 aliphatic carbocycles. The third-order valence-electron chi connectivity index (χ3n) is 9.43. The van der Waals surface area contributed by atoms with E-state index in [1.54, 1.807) is 17.0 Å². The second kappa shape index (κ2) is 14.0. The van der Waals surface area contributed by atoms with E-state index in [4.69, 9.17) is 5.26 Å². The number of aromatic nitrogens is 1. The van der Waals surface area contributed by atoms with E-state index >= 15 is 0 Å². The number of rotatable bonds is 8. The van der Waals surface area contributed by atoms with Gasteiger partial charge in [-0.15, -0.1) is 0 Å². The number of likely N-dealkylation sites (tertiary alicyclic amines) is 2. The Bertz CT molecular complexity index is 1530. The molecule has 3 saturated heterocycles. The van der Waals surface area contributed by atoms with Crippen molar-refractivity contribution < 1.29 is 14.4 Å². The largest absolute Gasteiger partial charge is 0.372 e. The first-order valence-corrected chi connectivity index (χ1v) is 16.1. The van der Waals surface area contributed by atoms with Crippen LogP contribution >= 0.6 is 0 Å². The van der Waals surface area contributed by atoms with Gasteiger partial charge in [0.05, 0.1) is 17.2 Å². The van der Waals surface area contributed by atoms with Crippen LogP contribution in [0.2, 0.25) is 0 Å². The molecule has 0 saturated carbocycles. The number of anilines is 1. The summed E-state index contributed by atoms with van der Waals surface area (Å²) >= 11 is 0. The highest BCUT2D eigenvalue weighted by molar-refractivity contribution is 5.99. The summed E-state index contributed by atoms with van der Waals surface area (Å²) in [5.74, 6) is -0.278. The summed E-state index contributed by atoms with van der Waals surface area (Å²) < 4.78 is 0. The summed E-state index contributed by atoms with van der Waals surface area (Å²) in [6, 6.07) is 21.2. The Morgan fingerprint density at radius 1 is 0.800 bits per heavy atom. The summed E-state index contributed by atoms with van der Waals surface area (Å²) in [7, 11) is 0. The molecule has 9 heteroatoms. The fourth-order valence-electron chi connectivity index (χ4n) is 6.67. The van der Waals surface area contributed by atoms with Crippen molar-refractivity contribution in [2.24, 2.45) is 5.92 Å². The molecular formula is C36H40N6O3. The lowest BCUT2D eigenvalue weighted by Crippen LogP contribution is -2.44. The molecule has 2 aromatic carbocycles. The van der Waals surface area contributed by atoms with Crippen molar-refractivity contribution in [3.05, 3.63) is 94.8 Å². The van der Waals surface area contributed by atoms with E-state index in [0.29, 0.717) is 42.8 Å². The monoisotopic (exact) mass is 604 g/mol. The van der Waals surface area contributed by atoms with Crippen LogP contribution in [0.4, 0.5) is 5.69 Å². The molecule has 1 N–H and O–H groups in total. The quantitative estimate of drug-likeness (QED) is 0.372. The fraction of sp³-hybridized carbons (Fsp3) is 0.417. The molecule has 3 fully saturated rings. The average Bonchev–Trinajstić information content (AvgIpc) is 3.64. The van der Waals surface area contributed by atoms with Gasteiger partial charge in [-0.3, -0.25) is 24.3 Å². The van der Waals surface area contributed by atoms with Crippen LogP contribution in [0.15, 0.2) is 66.9 Å². The van der Waals surface area contributed by atoms with Gasteiger partial charge in [-0.1, -0.05) is 12.1 Å². The number of nitriles is 1. The van der Waals surface area contributed by atoms with Crippen molar-refractivity contribution in [3.8, 4) is 6.07 Å². The summed E-state index contributed by atoms with van der Waals surface area (Å²) in [4.78, 5) is 50.0. The fourth-order valence-corrected chi connectivity index (χ4v) is 6.67. The number of nitrogens with one attached hydrogen (secondary N) is 1. The van der Waals surface area contributed by atoms with Gasteiger partial charge in [0.2, 0.25) is 0 Å². The van der Waals surface area contributed by atoms with Crippen LogP contribution in [0.25, 0.3) is 0 Å². The van der Waals surface area contributed by atoms with Gasteiger partial charge in [0, 0.05) is 75.2 Å². The number of hydrogen-bond acceptors (Lipinski definition) is 7. The zero-order chi connectivity index (χ0) is 31.2. The van der Waals surface area contributed by atoms with E-state index in [1.807, 2.05) is 36.4 Å². The second-order valence-electron chi connectivity index (χ2n) is 12.4. The first kappa shape index (κ1) is 30.5. The maximum Gasteiger partial charge on any atom is 0.270 e. The predicted molar refractivity (Wildman–Crippen MR) is 172 cm³/mol. The van der Waals surface area contributed by atoms with Crippen molar-refractivity contribution in [1.82, 2.24) is 20.1 Å². The first-order valence-electron chi connectivity index (χ1n) is 16.1. The molecule has 2 amide bonds. The molecule has 0 atom stereocenters. The molecule has 45 heavy (non-hydrogen) atoms. The maximum atomic E-state index is 13.2. The summed E-state index contributed by atoms with van der Waals surface area (Å²) in [5.41, 5.74) is 4.51. The number of nitrogens with zero attached hydrogens (tertiary/aromatic N) is 5. The normalized spacial score (nSPS) is 18.0. The first-order chi connectivity index (χ1) is 22.0. The Balaban J connectivity index is 0.940. The van der Waals surface area contributed by atoms with Crippen molar-refractivity contribution >= 4 is 23.3 Å².